The lowest BCUT2D eigenvalue weighted by Gasteiger charge is -2.49. The molecule has 6 nitrogen and oxygen atoms in total. The molecule has 2 aromatic carbocycles. The summed E-state index contributed by atoms with van der Waals surface area (Å²) in [6.07, 6.45) is 5.88. The van der Waals surface area contributed by atoms with E-state index in [1.54, 1.807) is 24.2 Å². The second kappa shape index (κ2) is 9.04. The lowest BCUT2D eigenvalue weighted by molar-refractivity contribution is -0.140. The smallest absolute Gasteiger partial charge is 0.303 e. The largest absolute Gasteiger partial charge is 0.481 e. The summed E-state index contributed by atoms with van der Waals surface area (Å²) >= 11 is 1.65. The molecule has 2 atom stereocenters. The van der Waals surface area contributed by atoms with Gasteiger partial charge in [0.05, 0.1) is 5.69 Å². The quantitative estimate of drug-likeness (QED) is 0.403. The van der Waals surface area contributed by atoms with Crippen molar-refractivity contribution in [3.63, 3.8) is 0 Å². The first-order valence-corrected chi connectivity index (χ1v) is 12.8. The molecule has 0 amide bonds. The summed E-state index contributed by atoms with van der Waals surface area (Å²) in [5.74, 6) is 1.81. The molecule has 34 heavy (non-hydrogen) atoms. The van der Waals surface area contributed by atoms with Crippen molar-refractivity contribution in [1.82, 2.24) is 14.9 Å². The van der Waals surface area contributed by atoms with Crippen LogP contribution in [0.3, 0.4) is 0 Å². The predicted octanol–water partition coefficient (Wildman–Crippen LogP) is 5.40. The van der Waals surface area contributed by atoms with Crippen LogP contribution in [0.25, 0.3) is 0 Å². The van der Waals surface area contributed by atoms with E-state index >= 15 is 0 Å². The molecule has 3 heterocycles. The van der Waals surface area contributed by atoms with Crippen LogP contribution in [-0.2, 0) is 11.3 Å². The molecule has 2 aliphatic heterocycles. The Balaban J connectivity index is 1.18. The van der Waals surface area contributed by atoms with Crippen molar-refractivity contribution in [2.75, 3.05) is 18.4 Å². The molecule has 2 N–H and O–H groups in total. The Bertz CT molecular complexity index is 1190. The topological polar surface area (TPSA) is 78.4 Å². The average molecular weight is 473 g/mol. The Morgan fingerprint density at radius 3 is 2.59 bits per heavy atom. The molecule has 1 saturated heterocycles. The molecule has 0 spiro atoms. The summed E-state index contributed by atoms with van der Waals surface area (Å²) in [6, 6.07) is 17.4. The number of piperidine rings is 1. The van der Waals surface area contributed by atoms with Crippen LogP contribution in [0.4, 0.5) is 11.5 Å². The number of carboxylic acid groups (broad SMARTS) is 1. The summed E-state index contributed by atoms with van der Waals surface area (Å²) in [7, 11) is 0. The minimum atomic E-state index is -0.659. The maximum absolute atomic E-state index is 11.6. The molecule has 2 unspecified atom stereocenters. The SMILES string of the molecule is O=C(O)CC1C2CC(c3ccccc3)CC1CN(Cc1ccc3c(c1)Nc1nccnc1S3)C2. The first-order valence-electron chi connectivity index (χ1n) is 12.0. The lowest BCUT2D eigenvalue weighted by atomic mass is 9.63. The number of rotatable bonds is 5. The van der Waals surface area contributed by atoms with Crippen molar-refractivity contribution < 1.29 is 9.90 Å². The first kappa shape index (κ1) is 21.6. The van der Waals surface area contributed by atoms with Crippen LogP contribution in [0, 0.1) is 17.8 Å². The number of nitrogens with zero attached hydrogens (tertiary/aromatic N) is 3. The highest BCUT2D eigenvalue weighted by Gasteiger charge is 2.43. The van der Waals surface area contributed by atoms with Crippen molar-refractivity contribution in [3.8, 4) is 0 Å². The van der Waals surface area contributed by atoms with E-state index in [1.165, 1.54) is 16.0 Å². The first-order chi connectivity index (χ1) is 16.6. The van der Waals surface area contributed by atoms with Crippen LogP contribution in [0.2, 0.25) is 0 Å². The third-order valence-corrected chi connectivity index (χ3v) is 8.69. The normalized spacial score (nSPS) is 25.6. The second-order valence-electron chi connectivity index (χ2n) is 9.82. The standard InChI is InChI=1S/C27H28N4O2S/c32-25(33)13-22-20-11-19(18-4-2-1-3-5-18)12-21(22)16-31(15-20)14-17-6-7-24-23(10-17)30-26-27(34-24)29-9-8-28-26/h1-10,19-22H,11-16H2,(H,28,30)(H,32,33). The Hall–Kier alpha value is -2.90. The Labute approximate surface area is 203 Å². The summed E-state index contributed by atoms with van der Waals surface area (Å²) in [5.41, 5.74) is 3.76. The molecule has 2 bridgehead atoms. The third kappa shape index (κ3) is 4.30. The molecule has 2 fully saturated rings. The summed E-state index contributed by atoms with van der Waals surface area (Å²) in [4.78, 5) is 24.1. The monoisotopic (exact) mass is 472 g/mol. The Morgan fingerprint density at radius 1 is 1.06 bits per heavy atom. The number of nitrogens with one attached hydrogen (secondary N) is 1. The fourth-order valence-electron chi connectivity index (χ4n) is 6.22. The number of benzene rings is 2. The summed E-state index contributed by atoms with van der Waals surface area (Å²) < 4.78 is 0. The number of aromatic nitrogens is 2. The van der Waals surface area contributed by atoms with E-state index in [0.717, 1.165) is 49.0 Å². The fraction of sp³-hybridized carbons (Fsp3) is 0.370. The van der Waals surface area contributed by atoms with Gasteiger partial charge in [-0.05, 0) is 59.8 Å². The lowest BCUT2D eigenvalue weighted by Crippen LogP contribution is -2.50. The van der Waals surface area contributed by atoms with Gasteiger partial charge in [0.1, 0.15) is 5.03 Å². The third-order valence-electron chi connectivity index (χ3n) is 7.63. The number of likely N-dealkylation sites (tertiary alicyclic amines) is 1. The molecule has 6 rings (SSSR count). The molecule has 7 heteroatoms. The Morgan fingerprint density at radius 2 is 1.82 bits per heavy atom. The number of hydrogen-bond donors (Lipinski definition) is 2. The average Bonchev–Trinajstić information content (AvgIpc) is 2.83. The molecule has 1 aliphatic carbocycles. The van der Waals surface area contributed by atoms with Crippen LogP contribution < -0.4 is 5.32 Å². The number of aliphatic carboxylic acids is 1. The van der Waals surface area contributed by atoms with Gasteiger partial charge in [0.2, 0.25) is 0 Å². The minimum absolute atomic E-state index is 0.283. The molecule has 3 aromatic rings. The van der Waals surface area contributed by atoms with E-state index in [0.29, 0.717) is 24.2 Å². The molecule has 3 aliphatic rings. The minimum Gasteiger partial charge on any atom is -0.481 e. The summed E-state index contributed by atoms with van der Waals surface area (Å²) in [5, 5.41) is 13.9. The van der Waals surface area contributed by atoms with E-state index in [2.05, 4.69) is 68.7 Å². The number of anilines is 2. The van der Waals surface area contributed by atoms with Gasteiger partial charge in [0.15, 0.2) is 5.82 Å². The Kier molecular flexibility index (Phi) is 5.75. The van der Waals surface area contributed by atoms with Crippen molar-refractivity contribution >= 4 is 29.2 Å². The summed E-state index contributed by atoms with van der Waals surface area (Å²) in [6.45, 7) is 2.81. The zero-order valence-corrected chi connectivity index (χ0v) is 19.7. The molecular weight excluding hydrogens is 444 g/mol. The fourth-order valence-corrected chi connectivity index (χ4v) is 7.10. The van der Waals surface area contributed by atoms with Crippen molar-refractivity contribution in [1.29, 1.82) is 0 Å². The zero-order chi connectivity index (χ0) is 23.1. The van der Waals surface area contributed by atoms with Crippen LogP contribution in [0.5, 0.6) is 0 Å². The number of fused-ring (bicyclic) bond motifs is 4. The van der Waals surface area contributed by atoms with Gasteiger partial charge in [-0.3, -0.25) is 9.69 Å². The molecule has 0 radical (unpaired) electrons. The van der Waals surface area contributed by atoms with Gasteiger partial charge in [0, 0.05) is 43.3 Å². The van der Waals surface area contributed by atoms with E-state index in [4.69, 9.17) is 0 Å². The molecular formula is C27H28N4O2S. The maximum atomic E-state index is 11.6. The van der Waals surface area contributed by atoms with Crippen LogP contribution in [0.1, 0.15) is 36.3 Å². The number of carboxylic acids is 1. The van der Waals surface area contributed by atoms with E-state index in [1.807, 2.05) is 0 Å². The highest BCUT2D eigenvalue weighted by Crippen LogP contribution is 2.48. The van der Waals surface area contributed by atoms with Gasteiger partial charge in [-0.2, -0.15) is 0 Å². The van der Waals surface area contributed by atoms with Gasteiger partial charge in [-0.15, -0.1) is 0 Å². The maximum Gasteiger partial charge on any atom is 0.303 e. The van der Waals surface area contributed by atoms with Crippen molar-refractivity contribution in [2.45, 2.75) is 41.6 Å². The van der Waals surface area contributed by atoms with Crippen molar-refractivity contribution in [3.05, 3.63) is 72.1 Å². The van der Waals surface area contributed by atoms with Gasteiger partial charge < -0.3 is 10.4 Å². The number of carbonyl (C=O) groups is 1. The molecule has 1 saturated carbocycles. The predicted molar refractivity (Wildman–Crippen MR) is 132 cm³/mol. The molecule has 174 valence electrons. The van der Waals surface area contributed by atoms with E-state index in [-0.39, 0.29) is 5.92 Å². The highest BCUT2D eigenvalue weighted by atomic mass is 32.2. The van der Waals surface area contributed by atoms with Crippen LogP contribution in [0.15, 0.2) is 70.8 Å². The van der Waals surface area contributed by atoms with Gasteiger partial charge in [-0.25, -0.2) is 9.97 Å². The van der Waals surface area contributed by atoms with Gasteiger partial charge in [-0.1, -0.05) is 48.2 Å². The van der Waals surface area contributed by atoms with Crippen LogP contribution in [-0.4, -0.2) is 39.0 Å². The zero-order valence-electron chi connectivity index (χ0n) is 18.9. The highest BCUT2D eigenvalue weighted by molar-refractivity contribution is 7.99. The second-order valence-corrected chi connectivity index (χ2v) is 10.9. The van der Waals surface area contributed by atoms with Crippen molar-refractivity contribution in [2.24, 2.45) is 17.8 Å². The van der Waals surface area contributed by atoms with Crippen LogP contribution >= 0.6 is 11.8 Å². The van der Waals surface area contributed by atoms with Gasteiger partial charge in [0.25, 0.3) is 0 Å². The van der Waals surface area contributed by atoms with E-state index in [9.17, 15) is 9.90 Å². The molecule has 1 aromatic heterocycles. The van der Waals surface area contributed by atoms with E-state index < -0.39 is 5.97 Å². The number of hydrogen-bond acceptors (Lipinski definition) is 6. The van der Waals surface area contributed by atoms with Gasteiger partial charge >= 0.3 is 5.97 Å².